The van der Waals surface area contributed by atoms with Crippen molar-refractivity contribution < 1.29 is 8.42 Å². The third-order valence-electron chi connectivity index (χ3n) is 2.93. The Morgan fingerprint density at radius 1 is 1.14 bits per heavy atom. The number of para-hydroxylation sites is 1. The molecule has 1 N–H and O–H groups in total. The molecule has 0 saturated heterocycles. The van der Waals surface area contributed by atoms with Gasteiger partial charge < -0.3 is 0 Å². The number of hydrogen-bond acceptors (Lipinski definition) is 4. The Hall–Kier alpha value is -1.18. The van der Waals surface area contributed by atoms with E-state index in [0.717, 1.165) is 10.2 Å². The molecular weight excluding hydrogens is 363 g/mol. The van der Waals surface area contributed by atoms with Crippen molar-refractivity contribution in [1.29, 1.82) is 0 Å². The summed E-state index contributed by atoms with van der Waals surface area (Å²) in [5, 5.41) is 1.12. The number of thiazole rings is 1. The van der Waals surface area contributed by atoms with Crippen LogP contribution in [0.4, 0.5) is 0 Å². The Labute approximate surface area is 141 Å². The summed E-state index contributed by atoms with van der Waals surface area (Å²) in [6.45, 7) is 0.102. The van der Waals surface area contributed by atoms with E-state index in [-0.39, 0.29) is 16.5 Å². The largest absolute Gasteiger partial charge is 0.242 e. The van der Waals surface area contributed by atoms with Gasteiger partial charge in [0.2, 0.25) is 10.0 Å². The number of rotatable bonds is 4. The average Bonchev–Trinajstić information content (AvgIpc) is 2.90. The number of hydrogen-bond donors (Lipinski definition) is 1. The van der Waals surface area contributed by atoms with E-state index in [1.807, 2.05) is 24.3 Å². The van der Waals surface area contributed by atoms with Gasteiger partial charge in [-0.2, -0.15) is 0 Å². The molecule has 4 nitrogen and oxygen atoms in total. The van der Waals surface area contributed by atoms with Crippen molar-refractivity contribution in [3.8, 4) is 0 Å². The first-order valence-corrected chi connectivity index (χ1v) is 9.30. The average molecular weight is 373 g/mol. The van der Waals surface area contributed by atoms with Gasteiger partial charge in [-0.05, 0) is 30.3 Å². The summed E-state index contributed by atoms with van der Waals surface area (Å²) in [4.78, 5) is 4.34. The van der Waals surface area contributed by atoms with Crippen molar-refractivity contribution in [3.63, 3.8) is 0 Å². The number of benzene rings is 2. The van der Waals surface area contributed by atoms with Crippen LogP contribution in [0.2, 0.25) is 10.0 Å². The van der Waals surface area contributed by atoms with Crippen LogP contribution in [-0.4, -0.2) is 13.4 Å². The minimum absolute atomic E-state index is 0.0391. The second-order valence-electron chi connectivity index (χ2n) is 4.47. The molecule has 0 radical (unpaired) electrons. The van der Waals surface area contributed by atoms with Crippen LogP contribution in [0.5, 0.6) is 0 Å². The van der Waals surface area contributed by atoms with Gasteiger partial charge in [0.15, 0.2) is 0 Å². The van der Waals surface area contributed by atoms with Crippen LogP contribution in [-0.2, 0) is 16.6 Å². The van der Waals surface area contributed by atoms with Crippen LogP contribution in [0.3, 0.4) is 0 Å². The lowest BCUT2D eigenvalue weighted by Crippen LogP contribution is -2.23. The summed E-state index contributed by atoms with van der Waals surface area (Å²) in [5.41, 5.74) is 0.850. The zero-order valence-corrected chi connectivity index (χ0v) is 14.2. The molecule has 0 saturated carbocycles. The highest BCUT2D eigenvalue weighted by Gasteiger charge is 2.19. The Morgan fingerprint density at radius 3 is 2.68 bits per heavy atom. The van der Waals surface area contributed by atoms with Crippen molar-refractivity contribution >= 4 is 54.8 Å². The molecular formula is C14H10Cl2N2O2S2. The molecule has 0 atom stereocenters. The second kappa shape index (κ2) is 6.14. The monoisotopic (exact) mass is 372 g/mol. The van der Waals surface area contributed by atoms with E-state index in [0.29, 0.717) is 10.0 Å². The molecule has 3 rings (SSSR count). The maximum atomic E-state index is 12.3. The van der Waals surface area contributed by atoms with E-state index in [2.05, 4.69) is 9.71 Å². The van der Waals surface area contributed by atoms with Crippen molar-refractivity contribution in [2.45, 2.75) is 11.4 Å². The first-order valence-electron chi connectivity index (χ1n) is 6.25. The van der Waals surface area contributed by atoms with Gasteiger partial charge in [-0.1, -0.05) is 35.3 Å². The predicted octanol–water partition coefficient (Wildman–Crippen LogP) is 4.08. The van der Waals surface area contributed by atoms with Gasteiger partial charge >= 0.3 is 0 Å². The van der Waals surface area contributed by atoms with Gasteiger partial charge in [-0.15, -0.1) is 11.3 Å². The molecule has 22 heavy (non-hydrogen) atoms. The highest BCUT2D eigenvalue weighted by atomic mass is 35.5. The van der Waals surface area contributed by atoms with Crippen molar-refractivity contribution in [3.05, 3.63) is 57.5 Å². The molecule has 8 heteroatoms. The van der Waals surface area contributed by atoms with E-state index in [9.17, 15) is 8.42 Å². The lowest BCUT2D eigenvalue weighted by Gasteiger charge is -2.07. The molecule has 0 aliphatic rings. The lowest BCUT2D eigenvalue weighted by molar-refractivity contribution is 0.581. The third kappa shape index (κ3) is 3.26. The predicted molar refractivity (Wildman–Crippen MR) is 90.1 cm³/mol. The topological polar surface area (TPSA) is 59.1 Å². The summed E-state index contributed by atoms with van der Waals surface area (Å²) in [6.07, 6.45) is 0. The third-order valence-corrected chi connectivity index (χ3v) is 6.09. The normalized spacial score (nSPS) is 11.9. The Kier molecular flexibility index (Phi) is 4.38. The molecule has 0 unspecified atom stereocenters. The molecule has 0 bridgehead atoms. The maximum absolute atomic E-state index is 12.3. The Balaban J connectivity index is 1.84. The number of nitrogens with zero attached hydrogens (tertiary/aromatic N) is 1. The summed E-state index contributed by atoms with van der Waals surface area (Å²) >= 11 is 13.2. The second-order valence-corrected chi connectivity index (χ2v) is 8.17. The molecule has 0 spiro atoms. The molecule has 114 valence electrons. The van der Waals surface area contributed by atoms with Crippen molar-refractivity contribution in [2.75, 3.05) is 0 Å². The zero-order valence-electron chi connectivity index (χ0n) is 11.1. The Morgan fingerprint density at radius 2 is 1.91 bits per heavy atom. The van der Waals surface area contributed by atoms with Gasteiger partial charge in [0.25, 0.3) is 0 Å². The van der Waals surface area contributed by atoms with Gasteiger partial charge in [-0.3, -0.25) is 0 Å². The van der Waals surface area contributed by atoms with Gasteiger partial charge in [0.1, 0.15) is 9.90 Å². The molecule has 1 aromatic heterocycles. The van der Waals surface area contributed by atoms with E-state index in [4.69, 9.17) is 23.2 Å². The SMILES string of the molecule is O=S(=O)(NCc1nc2ccccc2s1)c1cc(Cl)ccc1Cl. The molecule has 0 amide bonds. The van der Waals surface area contributed by atoms with Crippen LogP contribution in [0.15, 0.2) is 47.4 Å². The first kappa shape index (κ1) is 15.7. The van der Waals surface area contributed by atoms with Crippen LogP contribution in [0, 0.1) is 0 Å². The molecule has 0 aliphatic carbocycles. The summed E-state index contributed by atoms with van der Waals surface area (Å²) < 4.78 is 28.1. The highest BCUT2D eigenvalue weighted by Crippen LogP contribution is 2.26. The number of nitrogens with one attached hydrogen (secondary N) is 1. The quantitative estimate of drug-likeness (QED) is 0.750. The highest BCUT2D eigenvalue weighted by molar-refractivity contribution is 7.89. The number of sulfonamides is 1. The van der Waals surface area contributed by atoms with Crippen LogP contribution < -0.4 is 4.72 Å². The maximum Gasteiger partial charge on any atom is 0.242 e. The zero-order chi connectivity index (χ0) is 15.7. The fraction of sp³-hybridized carbons (Fsp3) is 0.0714. The van der Waals surface area contributed by atoms with Gasteiger partial charge in [0.05, 0.1) is 21.8 Å². The van der Waals surface area contributed by atoms with E-state index in [1.54, 1.807) is 0 Å². The fourth-order valence-corrected chi connectivity index (χ4v) is 4.66. The Bertz CT molecular complexity index is 906. The van der Waals surface area contributed by atoms with Crippen LogP contribution in [0.1, 0.15) is 5.01 Å². The molecule has 0 aliphatic heterocycles. The van der Waals surface area contributed by atoms with Crippen molar-refractivity contribution in [1.82, 2.24) is 9.71 Å². The lowest BCUT2D eigenvalue weighted by atomic mass is 10.3. The van der Waals surface area contributed by atoms with Crippen LogP contribution >= 0.6 is 34.5 Å². The molecule has 1 heterocycles. The van der Waals surface area contributed by atoms with E-state index < -0.39 is 10.0 Å². The van der Waals surface area contributed by atoms with Crippen molar-refractivity contribution in [2.24, 2.45) is 0 Å². The van der Waals surface area contributed by atoms with E-state index >= 15 is 0 Å². The first-order chi connectivity index (χ1) is 10.5. The van der Waals surface area contributed by atoms with Gasteiger partial charge in [-0.25, -0.2) is 18.1 Å². The molecule has 2 aromatic carbocycles. The summed E-state index contributed by atoms with van der Waals surface area (Å²) in [5.74, 6) is 0. The number of aromatic nitrogens is 1. The molecule has 0 fully saturated rings. The fourth-order valence-electron chi connectivity index (χ4n) is 1.91. The van der Waals surface area contributed by atoms with Gasteiger partial charge in [0, 0.05) is 5.02 Å². The standard InChI is InChI=1S/C14H10Cl2N2O2S2/c15-9-5-6-10(16)13(7-9)22(19,20)17-8-14-18-11-3-1-2-4-12(11)21-14/h1-7,17H,8H2. The smallest absolute Gasteiger partial charge is 0.240 e. The number of halogens is 2. The minimum Gasteiger partial charge on any atom is -0.240 e. The summed E-state index contributed by atoms with van der Waals surface area (Å²) in [6, 6.07) is 12.0. The number of fused-ring (bicyclic) bond motifs is 1. The summed E-state index contributed by atoms with van der Waals surface area (Å²) in [7, 11) is -3.75. The minimum atomic E-state index is -3.75. The molecule has 3 aromatic rings. The van der Waals surface area contributed by atoms with Crippen LogP contribution in [0.25, 0.3) is 10.2 Å². The van der Waals surface area contributed by atoms with E-state index in [1.165, 1.54) is 29.5 Å².